The van der Waals surface area contributed by atoms with Gasteiger partial charge in [-0.25, -0.2) is 4.79 Å². The van der Waals surface area contributed by atoms with Crippen molar-refractivity contribution < 1.29 is 19.4 Å². The molecule has 0 saturated heterocycles. The van der Waals surface area contributed by atoms with Crippen molar-refractivity contribution in [3.63, 3.8) is 0 Å². The van der Waals surface area contributed by atoms with Gasteiger partial charge in [-0.05, 0) is 62.1 Å². The molecule has 2 heterocycles. The lowest BCUT2D eigenvalue weighted by molar-refractivity contribution is -0.135. The number of carbonyl (C=O) groups excluding carboxylic acids is 2. The van der Waals surface area contributed by atoms with E-state index < -0.39 is 17.7 Å². The Bertz CT molecular complexity index is 1440. The molecule has 38 heavy (non-hydrogen) atoms. The Morgan fingerprint density at radius 2 is 1.74 bits per heavy atom. The van der Waals surface area contributed by atoms with E-state index >= 15 is 0 Å². The number of carbonyl (C=O) groups is 2. The maximum absolute atomic E-state index is 14.3. The summed E-state index contributed by atoms with van der Waals surface area (Å²) in [5, 5.41) is 13.9. The first-order valence-electron chi connectivity index (χ1n) is 12.9. The van der Waals surface area contributed by atoms with Gasteiger partial charge in [0.2, 0.25) is 5.91 Å². The molecule has 2 unspecified atom stereocenters. The highest BCUT2D eigenvalue weighted by molar-refractivity contribution is 5.90. The van der Waals surface area contributed by atoms with Crippen LogP contribution in [0.25, 0.3) is 10.9 Å². The molecule has 1 aliphatic rings. The molecule has 2 amide bonds. The fraction of sp³-hybridized carbons (Fsp3) is 0.290. The van der Waals surface area contributed by atoms with Crippen LogP contribution in [0, 0.1) is 0 Å². The number of benzene rings is 3. The minimum atomic E-state index is -0.812. The summed E-state index contributed by atoms with van der Waals surface area (Å²) < 4.78 is 5.51. The SMILES string of the molecule is CC(C)(C)OC(=O)NC(Cc1ccccc1)C(=O)N1CCc2c([nH]c3ccc(O)cc23)C1c1ccccc1. The lowest BCUT2D eigenvalue weighted by atomic mass is 9.91. The van der Waals surface area contributed by atoms with Crippen molar-refractivity contribution in [2.24, 2.45) is 0 Å². The number of aromatic nitrogens is 1. The summed E-state index contributed by atoms with van der Waals surface area (Å²) in [7, 11) is 0. The average molecular weight is 512 g/mol. The number of fused-ring (bicyclic) bond motifs is 3. The number of rotatable bonds is 5. The summed E-state index contributed by atoms with van der Waals surface area (Å²) >= 11 is 0. The summed E-state index contributed by atoms with van der Waals surface area (Å²) in [6.07, 6.45) is 0.338. The molecule has 7 heteroatoms. The molecule has 3 aromatic carbocycles. The Balaban J connectivity index is 1.54. The molecule has 0 aliphatic carbocycles. The highest BCUT2D eigenvalue weighted by Crippen LogP contribution is 2.39. The first-order chi connectivity index (χ1) is 18.2. The largest absolute Gasteiger partial charge is 0.508 e. The van der Waals surface area contributed by atoms with E-state index in [4.69, 9.17) is 4.74 Å². The number of ether oxygens (including phenoxy) is 1. The lowest BCUT2D eigenvalue weighted by Crippen LogP contribution is -2.53. The van der Waals surface area contributed by atoms with Gasteiger partial charge in [-0.2, -0.15) is 0 Å². The van der Waals surface area contributed by atoms with Crippen LogP contribution in [0.5, 0.6) is 5.75 Å². The van der Waals surface area contributed by atoms with Crippen LogP contribution in [0.1, 0.15) is 49.2 Å². The molecule has 1 aliphatic heterocycles. The first-order valence-corrected chi connectivity index (χ1v) is 12.9. The second-order valence-electron chi connectivity index (χ2n) is 10.7. The number of nitrogens with zero attached hydrogens (tertiary/aromatic N) is 1. The Labute approximate surface area is 222 Å². The minimum absolute atomic E-state index is 0.180. The Hall–Kier alpha value is -4.26. The van der Waals surface area contributed by atoms with Crippen LogP contribution >= 0.6 is 0 Å². The van der Waals surface area contributed by atoms with Crippen molar-refractivity contribution in [3.8, 4) is 5.75 Å². The highest BCUT2D eigenvalue weighted by Gasteiger charge is 2.38. The van der Waals surface area contributed by atoms with Crippen LogP contribution in [0.4, 0.5) is 4.79 Å². The summed E-state index contributed by atoms with van der Waals surface area (Å²) in [6.45, 7) is 5.86. The van der Waals surface area contributed by atoms with E-state index in [0.717, 1.165) is 33.3 Å². The van der Waals surface area contributed by atoms with Crippen LogP contribution < -0.4 is 5.32 Å². The number of nitrogens with one attached hydrogen (secondary N) is 2. The number of alkyl carbamates (subject to hydrolysis) is 1. The van der Waals surface area contributed by atoms with Crippen molar-refractivity contribution in [1.82, 2.24) is 15.2 Å². The molecule has 196 valence electrons. The monoisotopic (exact) mass is 511 g/mol. The van der Waals surface area contributed by atoms with Crippen LogP contribution in [-0.4, -0.2) is 45.2 Å². The van der Waals surface area contributed by atoms with Crippen LogP contribution in [0.2, 0.25) is 0 Å². The molecule has 3 N–H and O–H groups in total. The molecule has 2 atom stereocenters. The molecule has 0 bridgehead atoms. The van der Waals surface area contributed by atoms with Gasteiger partial charge < -0.3 is 25.0 Å². The van der Waals surface area contributed by atoms with Gasteiger partial charge in [0.15, 0.2) is 0 Å². The number of phenolic OH excluding ortho intramolecular Hbond substituents is 1. The van der Waals surface area contributed by atoms with E-state index in [1.807, 2.05) is 71.6 Å². The summed E-state index contributed by atoms with van der Waals surface area (Å²) in [5.74, 6) is 0.0271. The third-order valence-corrected chi connectivity index (χ3v) is 6.78. The number of hydrogen-bond donors (Lipinski definition) is 3. The normalized spacial score (nSPS) is 16.1. The zero-order valence-corrected chi connectivity index (χ0v) is 21.9. The third kappa shape index (κ3) is 5.37. The van der Waals surface area contributed by atoms with Gasteiger partial charge in [0.25, 0.3) is 0 Å². The molecule has 0 saturated carbocycles. The van der Waals surface area contributed by atoms with Gasteiger partial charge in [0.1, 0.15) is 17.4 Å². The van der Waals surface area contributed by atoms with Crippen LogP contribution in [0.15, 0.2) is 78.9 Å². The van der Waals surface area contributed by atoms with Gasteiger partial charge in [-0.3, -0.25) is 4.79 Å². The number of hydrogen-bond acceptors (Lipinski definition) is 4. The quantitative estimate of drug-likeness (QED) is 0.331. The van der Waals surface area contributed by atoms with E-state index in [9.17, 15) is 14.7 Å². The first kappa shape index (κ1) is 25.4. The van der Waals surface area contributed by atoms with Crippen molar-refractivity contribution in [3.05, 3.63) is 101 Å². The minimum Gasteiger partial charge on any atom is -0.508 e. The standard InChI is InChI=1S/C31H33N3O4/c1-31(2,3)38-30(37)33-26(18-20-10-6-4-7-11-20)29(36)34-17-16-23-24-19-22(35)14-15-25(24)32-27(23)28(34)21-12-8-5-9-13-21/h4-15,19,26,28,32,35H,16-18H2,1-3H3,(H,33,37). The van der Waals surface area contributed by atoms with Gasteiger partial charge in [-0.15, -0.1) is 0 Å². The Kier molecular flexibility index (Phi) is 6.85. The number of amides is 2. The van der Waals surface area contributed by atoms with E-state index in [2.05, 4.69) is 10.3 Å². The van der Waals surface area contributed by atoms with Gasteiger partial charge in [0, 0.05) is 29.6 Å². The van der Waals surface area contributed by atoms with Gasteiger partial charge in [-0.1, -0.05) is 60.7 Å². The maximum Gasteiger partial charge on any atom is 0.408 e. The molecule has 7 nitrogen and oxygen atoms in total. The van der Waals surface area contributed by atoms with E-state index in [-0.39, 0.29) is 17.7 Å². The predicted octanol–water partition coefficient (Wildman–Crippen LogP) is 5.48. The maximum atomic E-state index is 14.3. The number of aromatic hydroxyl groups is 1. The Morgan fingerprint density at radius 3 is 2.42 bits per heavy atom. The van der Waals surface area contributed by atoms with Crippen molar-refractivity contribution in [2.45, 2.75) is 51.3 Å². The molecule has 5 rings (SSSR count). The second-order valence-corrected chi connectivity index (χ2v) is 10.7. The predicted molar refractivity (Wildman–Crippen MR) is 147 cm³/mol. The summed E-state index contributed by atoms with van der Waals surface area (Å²) in [5.41, 5.74) is 4.15. The van der Waals surface area contributed by atoms with Gasteiger partial charge in [0.05, 0.1) is 6.04 Å². The van der Waals surface area contributed by atoms with E-state index in [1.54, 1.807) is 32.9 Å². The average Bonchev–Trinajstić information content (AvgIpc) is 3.25. The molecule has 1 aromatic heterocycles. The van der Waals surface area contributed by atoms with Crippen molar-refractivity contribution in [2.75, 3.05) is 6.54 Å². The number of phenols is 1. The van der Waals surface area contributed by atoms with Crippen LogP contribution in [0.3, 0.4) is 0 Å². The summed E-state index contributed by atoms with van der Waals surface area (Å²) in [4.78, 5) is 32.4. The van der Waals surface area contributed by atoms with Crippen molar-refractivity contribution in [1.29, 1.82) is 0 Å². The number of aromatic amines is 1. The highest BCUT2D eigenvalue weighted by atomic mass is 16.6. The lowest BCUT2D eigenvalue weighted by Gasteiger charge is -2.38. The molecular weight excluding hydrogens is 478 g/mol. The molecule has 4 aromatic rings. The molecule has 0 spiro atoms. The molecule has 0 radical (unpaired) electrons. The van der Waals surface area contributed by atoms with Crippen molar-refractivity contribution >= 4 is 22.9 Å². The Morgan fingerprint density at radius 1 is 1.05 bits per heavy atom. The zero-order chi connectivity index (χ0) is 26.9. The third-order valence-electron chi connectivity index (χ3n) is 6.78. The van der Waals surface area contributed by atoms with E-state index in [1.165, 1.54) is 0 Å². The van der Waals surface area contributed by atoms with E-state index in [0.29, 0.717) is 19.4 Å². The number of H-pyrrole nitrogens is 1. The topological polar surface area (TPSA) is 94.7 Å². The van der Waals surface area contributed by atoms with Gasteiger partial charge >= 0.3 is 6.09 Å². The molecular formula is C31H33N3O4. The molecule has 0 fully saturated rings. The smallest absolute Gasteiger partial charge is 0.408 e. The fourth-order valence-corrected chi connectivity index (χ4v) is 5.20. The fourth-order valence-electron chi connectivity index (χ4n) is 5.20. The summed E-state index contributed by atoms with van der Waals surface area (Å²) in [6, 6.07) is 23.7. The van der Waals surface area contributed by atoms with Crippen LogP contribution in [-0.2, 0) is 22.4 Å². The second kappa shape index (κ2) is 10.2. The zero-order valence-electron chi connectivity index (χ0n) is 21.9.